The van der Waals surface area contributed by atoms with Crippen molar-refractivity contribution in [2.75, 3.05) is 24.3 Å². The standard InChI is InChI=1S/C19H21IN6O5S/c1-12-15(20)11-26(24-12)9-8-17(27)21-13-4-6-14(7-5-13)32(28,29)25-16-10-18(30-2)23-19(22-16)31-3/h4-7,10-11H,8-9H2,1-3H3,(H,21,27)(H,22,23,25). The van der Waals surface area contributed by atoms with Gasteiger partial charge in [-0.2, -0.15) is 15.1 Å². The molecule has 1 amide bonds. The highest BCUT2D eigenvalue weighted by Gasteiger charge is 2.17. The molecule has 0 aliphatic rings. The Labute approximate surface area is 198 Å². The van der Waals surface area contributed by atoms with Crippen LogP contribution in [0.3, 0.4) is 0 Å². The topological polar surface area (TPSA) is 137 Å². The second-order valence-corrected chi connectivity index (χ2v) is 9.38. The van der Waals surface area contributed by atoms with Crippen molar-refractivity contribution in [2.24, 2.45) is 0 Å². The summed E-state index contributed by atoms with van der Waals surface area (Å²) in [5.41, 5.74) is 1.39. The van der Waals surface area contributed by atoms with Crippen LogP contribution in [0.1, 0.15) is 12.1 Å². The lowest BCUT2D eigenvalue weighted by molar-refractivity contribution is -0.116. The van der Waals surface area contributed by atoms with Crippen molar-refractivity contribution in [1.29, 1.82) is 0 Å². The highest BCUT2D eigenvalue weighted by Crippen LogP contribution is 2.21. The van der Waals surface area contributed by atoms with Crippen molar-refractivity contribution in [3.63, 3.8) is 0 Å². The maximum atomic E-state index is 12.7. The summed E-state index contributed by atoms with van der Waals surface area (Å²) in [6.45, 7) is 2.35. The molecule has 0 unspecified atom stereocenters. The molecule has 13 heteroatoms. The van der Waals surface area contributed by atoms with E-state index >= 15 is 0 Å². The molecule has 170 valence electrons. The molecule has 0 atom stereocenters. The van der Waals surface area contributed by atoms with E-state index in [1.165, 1.54) is 44.6 Å². The van der Waals surface area contributed by atoms with Crippen molar-refractivity contribution in [3.05, 3.63) is 45.8 Å². The van der Waals surface area contributed by atoms with Gasteiger partial charge in [0.05, 0.1) is 28.4 Å². The van der Waals surface area contributed by atoms with E-state index < -0.39 is 10.0 Å². The molecule has 0 spiro atoms. The molecule has 11 nitrogen and oxygen atoms in total. The number of halogens is 1. The average molecular weight is 572 g/mol. The molecule has 1 aromatic carbocycles. The number of methoxy groups -OCH3 is 2. The Balaban J connectivity index is 1.63. The van der Waals surface area contributed by atoms with E-state index in [0.717, 1.165) is 9.26 Å². The summed E-state index contributed by atoms with van der Waals surface area (Å²) in [6.07, 6.45) is 2.11. The molecule has 0 saturated heterocycles. The van der Waals surface area contributed by atoms with Gasteiger partial charge in [0.2, 0.25) is 11.8 Å². The van der Waals surface area contributed by atoms with Crippen LogP contribution in [0, 0.1) is 10.5 Å². The van der Waals surface area contributed by atoms with Gasteiger partial charge in [-0.25, -0.2) is 8.42 Å². The zero-order valence-electron chi connectivity index (χ0n) is 17.5. The summed E-state index contributed by atoms with van der Waals surface area (Å²) in [6, 6.07) is 7.07. The fraction of sp³-hybridized carbons (Fsp3) is 0.263. The van der Waals surface area contributed by atoms with Crippen LogP contribution in [0.2, 0.25) is 0 Å². The minimum atomic E-state index is -3.93. The average Bonchev–Trinajstić information content (AvgIpc) is 3.09. The van der Waals surface area contributed by atoms with Gasteiger partial charge in [-0.3, -0.25) is 14.2 Å². The summed E-state index contributed by atoms with van der Waals surface area (Å²) in [5.74, 6) is -0.0655. The molecule has 32 heavy (non-hydrogen) atoms. The zero-order chi connectivity index (χ0) is 23.3. The Kier molecular flexibility index (Phi) is 7.50. The third-order valence-electron chi connectivity index (χ3n) is 4.22. The summed E-state index contributed by atoms with van der Waals surface area (Å²) < 4.78 is 40.4. The fourth-order valence-corrected chi connectivity index (χ4v) is 4.04. The number of ether oxygens (including phenoxy) is 2. The second-order valence-electron chi connectivity index (χ2n) is 6.54. The van der Waals surface area contributed by atoms with E-state index in [-0.39, 0.29) is 34.9 Å². The molecule has 0 radical (unpaired) electrons. The summed E-state index contributed by atoms with van der Waals surface area (Å²) in [7, 11) is -1.18. The van der Waals surface area contributed by atoms with E-state index in [2.05, 4.69) is 47.7 Å². The lowest BCUT2D eigenvalue weighted by Gasteiger charge is -2.10. The monoisotopic (exact) mass is 572 g/mol. The van der Waals surface area contributed by atoms with Gasteiger partial charge in [-0.15, -0.1) is 0 Å². The van der Waals surface area contributed by atoms with Gasteiger partial charge in [0.25, 0.3) is 10.0 Å². The Morgan fingerprint density at radius 2 is 1.88 bits per heavy atom. The number of aromatic nitrogens is 4. The van der Waals surface area contributed by atoms with Crippen LogP contribution in [0.15, 0.2) is 41.4 Å². The first-order valence-electron chi connectivity index (χ1n) is 9.29. The minimum absolute atomic E-state index is 0.00500. The van der Waals surface area contributed by atoms with Gasteiger partial charge in [-0.1, -0.05) is 0 Å². The lowest BCUT2D eigenvalue weighted by Crippen LogP contribution is -2.16. The zero-order valence-corrected chi connectivity index (χ0v) is 20.5. The van der Waals surface area contributed by atoms with Crippen LogP contribution in [-0.4, -0.2) is 48.3 Å². The van der Waals surface area contributed by atoms with E-state index in [9.17, 15) is 13.2 Å². The number of hydrogen-bond acceptors (Lipinski definition) is 8. The molecule has 2 aromatic heterocycles. The summed E-state index contributed by atoms with van der Waals surface area (Å²) in [5, 5.41) is 7.06. The Morgan fingerprint density at radius 3 is 2.47 bits per heavy atom. The Bertz CT molecular complexity index is 1170. The molecule has 2 heterocycles. The number of anilines is 2. The van der Waals surface area contributed by atoms with Crippen LogP contribution in [0.4, 0.5) is 11.5 Å². The van der Waals surface area contributed by atoms with Crippen LogP contribution in [-0.2, 0) is 21.4 Å². The predicted molar refractivity (Wildman–Crippen MR) is 125 cm³/mol. The van der Waals surface area contributed by atoms with Crippen LogP contribution >= 0.6 is 22.6 Å². The SMILES string of the molecule is COc1cc(NS(=O)(=O)c2ccc(NC(=O)CCn3cc(I)c(C)n3)cc2)nc(OC)n1. The Morgan fingerprint density at radius 1 is 1.16 bits per heavy atom. The van der Waals surface area contributed by atoms with Crippen LogP contribution in [0.25, 0.3) is 0 Å². The molecule has 0 saturated carbocycles. The number of carbonyl (C=O) groups excluding carboxylic acids is 1. The van der Waals surface area contributed by atoms with Crippen molar-refractivity contribution in [2.45, 2.75) is 24.8 Å². The van der Waals surface area contributed by atoms with Gasteiger partial charge in [0.15, 0.2) is 5.82 Å². The summed E-state index contributed by atoms with van der Waals surface area (Å²) >= 11 is 2.19. The first-order valence-corrected chi connectivity index (χ1v) is 11.9. The molecule has 0 fully saturated rings. The van der Waals surface area contributed by atoms with E-state index in [0.29, 0.717) is 12.2 Å². The predicted octanol–water partition coefficient (Wildman–Crippen LogP) is 2.43. The fourth-order valence-electron chi connectivity index (χ4n) is 2.61. The largest absolute Gasteiger partial charge is 0.481 e. The van der Waals surface area contributed by atoms with Gasteiger partial charge < -0.3 is 14.8 Å². The number of aryl methyl sites for hydroxylation is 2. The van der Waals surface area contributed by atoms with Gasteiger partial charge in [0, 0.05) is 30.9 Å². The number of amides is 1. The highest BCUT2D eigenvalue weighted by molar-refractivity contribution is 14.1. The minimum Gasteiger partial charge on any atom is -0.481 e. The number of nitrogens with zero attached hydrogens (tertiary/aromatic N) is 4. The quantitative estimate of drug-likeness (QED) is 0.373. The molecule has 3 rings (SSSR count). The van der Waals surface area contributed by atoms with Gasteiger partial charge in [-0.05, 0) is 53.8 Å². The second kappa shape index (κ2) is 10.1. The smallest absolute Gasteiger partial charge is 0.321 e. The van der Waals surface area contributed by atoms with Crippen molar-refractivity contribution in [3.8, 4) is 11.9 Å². The highest BCUT2D eigenvalue weighted by atomic mass is 127. The first kappa shape index (κ1) is 23.7. The molecule has 0 bridgehead atoms. The van der Waals surface area contributed by atoms with Crippen molar-refractivity contribution in [1.82, 2.24) is 19.7 Å². The number of rotatable bonds is 9. The van der Waals surface area contributed by atoms with E-state index in [1.54, 1.807) is 4.68 Å². The summed E-state index contributed by atoms with van der Waals surface area (Å²) in [4.78, 5) is 20.1. The molecule has 2 N–H and O–H groups in total. The number of hydrogen-bond donors (Lipinski definition) is 2. The first-order chi connectivity index (χ1) is 15.2. The van der Waals surface area contributed by atoms with Crippen LogP contribution in [0.5, 0.6) is 11.9 Å². The van der Waals surface area contributed by atoms with Crippen molar-refractivity contribution < 1.29 is 22.7 Å². The normalized spacial score (nSPS) is 11.1. The molecular formula is C19H21IN6O5S. The lowest BCUT2D eigenvalue weighted by atomic mass is 10.3. The molecule has 0 aliphatic carbocycles. The third-order valence-corrected chi connectivity index (χ3v) is 6.65. The maximum absolute atomic E-state index is 12.7. The molecular weight excluding hydrogens is 551 g/mol. The molecule has 3 aromatic rings. The number of nitrogens with one attached hydrogen (secondary N) is 2. The van der Waals surface area contributed by atoms with Gasteiger partial charge in [0.1, 0.15) is 0 Å². The number of benzene rings is 1. The van der Waals surface area contributed by atoms with Crippen molar-refractivity contribution >= 4 is 50.0 Å². The third kappa shape index (κ3) is 6.06. The molecule has 0 aliphatic heterocycles. The Hall–Kier alpha value is -2.94. The van der Waals surface area contributed by atoms with Gasteiger partial charge >= 0.3 is 6.01 Å². The van der Waals surface area contributed by atoms with E-state index in [1.807, 2.05) is 13.1 Å². The number of sulfonamides is 1. The van der Waals surface area contributed by atoms with E-state index in [4.69, 9.17) is 9.47 Å². The van der Waals surface area contributed by atoms with Crippen LogP contribution < -0.4 is 19.5 Å². The maximum Gasteiger partial charge on any atom is 0.321 e. The number of carbonyl (C=O) groups is 1.